The predicted molar refractivity (Wildman–Crippen MR) is 168 cm³/mol. The van der Waals surface area contributed by atoms with Gasteiger partial charge in [0, 0.05) is 44.0 Å². The van der Waals surface area contributed by atoms with Gasteiger partial charge < -0.3 is 19.4 Å². The standard InChI is InChI=1S/C33H34N4O5S/c1-23-8-5-10-26(18-23)33(39)37-17-16-36(22-37)29-13-7-12-28(21-29)34-43(40,41)31-20-25(14-15-30(31)42-4)24-9-6-11-27(19-24)32(38)35(2)3/h5-15,18-21,34H,16-17,22H2,1-4H3. The quantitative estimate of drug-likeness (QED) is 0.303. The number of hydrogen-bond donors (Lipinski definition) is 1. The van der Waals surface area contributed by atoms with Gasteiger partial charge in [0.2, 0.25) is 0 Å². The number of benzene rings is 4. The molecule has 1 heterocycles. The van der Waals surface area contributed by atoms with Crippen LogP contribution < -0.4 is 14.4 Å². The minimum atomic E-state index is -4.06. The van der Waals surface area contributed by atoms with Gasteiger partial charge in [-0.15, -0.1) is 0 Å². The third-order valence-electron chi connectivity index (χ3n) is 7.30. The number of methoxy groups -OCH3 is 1. The smallest absolute Gasteiger partial charge is 0.265 e. The molecule has 9 nitrogen and oxygen atoms in total. The first-order chi connectivity index (χ1) is 20.6. The first kappa shape index (κ1) is 29.7. The number of rotatable bonds is 8. The highest BCUT2D eigenvalue weighted by molar-refractivity contribution is 7.92. The summed E-state index contributed by atoms with van der Waals surface area (Å²) < 4.78 is 35.4. The number of carbonyl (C=O) groups is 2. The molecule has 1 fully saturated rings. The van der Waals surface area contributed by atoms with Crippen molar-refractivity contribution in [1.82, 2.24) is 9.80 Å². The van der Waals surface area contributed by atoms with Gasteiger partial charge in [-0.05, 0) is 72.6 Å². The molecule has 222 valence electrons. The molecule has 10 heteroatoms. The second-order valence-corrected chi connectivity index (χ2v) is 12.3. The van der Waals surface area contributed by atoms with Crippen molar-refractivity contribution in [2.45, 2.75) is 11.8 Å². The van der Waals surface area contributed by atoms with Crippen molar-refractivity contribution in [3.05, 3.63) is 108 Å². The molecule has 4 aromatic carbocycles. The van der Waals surface area contributed by atoms with E-state index in [0.29, 0.717) is 47.7 Å². The van der Waals surface area contributed by atoms with Crippen LogP contribution >= 0.6 is 0 Å². The zero-order valence-corrected chi connectivity index (χ0v) is 25.4. The number of nitrogens with zero attached hydrogens (tertiary/aromatic N) is 3. The van der Waals surface area contributed by atoms with Crippen molar-refractivity contribution in [3.63, 3.8) is 0 Å². The molecule has 0 saturated carbocycles. The summed E-state index contributed by atoms with van der Waals surface area (Å²) in [6, 6.07) is 26.6. The Kier molecular flexibility index (Phi) is 8.40. The van der Waals surface area contributed by atoms with Crippen molar-refractivity contribution in [2.24, 2.45) is 0 Å². The average Bonchev–Trinajstić information content (AvgIpc) is 3.50. The molecule has 0 unspecified atom stereocenters. The van der Waals surface area contributed by atoms with Crippen molar-refractivity contribution < 1.29 is 22.7 Å². The normalized spacial score (nSPS) is 13.1. The largest absolute Gasteiger partial charge is 0.495 e. The Balaban J connectivity index is 1.37. The SMILES string of the molecule is COc1ccc(-c2cccc(C(=O)N(C)C)c2)cc1S(=O)(=O)Nc1cccc(N2CCN(C(=O)c3cccc(C)c3)C2)c1. The Morgan fingerprint density at radius 3 is 2.30 bits per heavy atom. The van der Waals surface area contributed by atoms with Gasteiger partial charge in [0.1, 0.15) is 10.6 Å². The summed E-state index contributed by atoms with van der Waals surface area (Å²) in [6.45, 7) is 3.54. The predicted octanol–water partition coefficient (Wildman–Crippen LogP) is 5.09. The molecule has 0 aromatic heterocycles. The zero-order chi connectivity index (χ0) is 30.7. The molecule has 0 spiro atoms. The van der Waals surface area contributed by atoms with E-state index in [1.807, 2.05) is 48.2 Å². The van der Waals surface area contributed by atoms with Crippen molar-refractivity contribution in [1.29, 1.82) is 0 Å². The number of aryl methyl sites for hydroxylation is 1. The number of sulfonamides is 1. The van der Waals surface area contributed by atoms with E-state index in [9.17, 15) is 18.0 Å². The maximum atomic E-state index is 13.7. The lowest BCUT2D eigenvalue weighted by Crippen LogP contribution is -2.31. The molecule has 0 bridgehead atoms. The molecule has 1 aliphatic heterocycles. The van der Waals surface area contributed by atoms with E-state index >= 15 is 0 Å². The summed E-state index contributed by atoms with van der Waals surface area (Å²) in [4.78, 5) is 30.8. The molecule has 1 aliphatic rings. The Morgan fingerprint density at radius 1 is 0.837 bits per heavy atom. The Bertz CT molecular complexity index is 1790. The van der Waals surface area contributed by atoms with Gasteiger partial charge in [-0.25, -0.2) is 8.42 Å². The van der Waals surface area contributed by atoms with Crippen molar-refractivity contribution in [2.75, 3.05) is 50.6 Å². The number of carbonyl (C=O) groups excluding carboxylic acids is 2. The van der Waals surface area contributed by atoms with Gasteiger partial charge >= 0.3 is 0 Å². The van der Waals surface area contributed by atoms with Gasteiger partial charge in [0.25, 0.3) is 21.8 Å². The minimum absolute atomic E-state index is 0.0293. The molecule has 2 amide bonds. The third kappa shape index (κ3) is 6.49. The summed E-state index contributed by atoms with van der Waals surface area (Å²) >= 11 is 0. The lowest BCUT2D eigenvalue weighted by Gasteiger charge is -2.21. The lowest BCUT2D eigenvalue weighted by atomic mass is 10.0. The van der Waals surface area contributed by atoms with E-state index in [4.69, 9.17) is 4.74 Å². The monoisotopic (exact) mass is 598 g/mol. The topological polar surface area (TPSA) is 99.3 Å². The number of anilines is 2. The zero-order valence-electron chi connectivity index (χ0n) is 24.6. The van der Waals surface area contributed by atoms with Gasteiger partial charge in [-0.1, -0.05) is 42.0 Å². The van der Waals surface area contributed by atoms with Gasteiger partial charge in [0.15, 0.2) is 0 Å². The van der Waals surface area contributed by atoms with Crippen molar-refractivity contribution in [3.8, 4) is 16.9 Å². The molecule has 1 N–H and O–H groups in total. The number of ether oxygens (including phenoxy) is 1. The summed E-state index contributed by atoms with van der Waals surface area (Å²) in [6.07, 6.45) is 0. The summed E-state index contributed by atoms with van der Waals surface area (Å²) in [5.74, 6) is 0.00910. The fraction of sp³-hybridized carbons (Fsp3) is 0.212. The van der Waals surface area contributed by atoms with Crippen LogP contribution in [-0.4, -0.2) is 71.0 Å². The highest BCUT2D eigenvalue weighted by Crippen LogP contribution is 2.32. The Morgan fingerprint density at radius 2 is 1.56 bits per heavy atom. The lowest BCUT2D eigenvalue weighted by molar-refractivity contribution is 0.0792. The van der Waals surface area contributed by atoms with Gasteiger partial charge in [-0.3, -0.25) is 14.3 Å². The molecule has 5 rings (SSSR count). The number of amides is 2. The van der Waals surface area contributed by atoms with Crippen LogP contribution in [0.25, 0.3) is 11.1 Å². The number of hydrogen-bond acceptors (Lipinski definition) is 6. The van der Waals surface area contributed by atoms with Crippen LogP contribution in [0.2, 0.25) is 0 Å². The molecular weight excluding hydrogens is 564 g/mol. The van der Waals surface area contributed by atoms with Gasteiger partial charge in [-0.2, -0.15) is 0 Å². The first-order valence-corrected chi connectivity index (χ1v) is 15.3. The maximum Gasteiger partial charge on any atom is 0.265 e. The Hall–Kier alpha value is -4.83. The summed E-state index contributed by atoms with van der Waals surface area (Å²) in [5.41, 5.74) is 4.67. The fourth-order valence-electron chi connectivity index (χ4n) is 5.06. The second kappa shape index (κ2) is 12.2. The van der Waals surface area contributed by atoms with E-state index < -0.39 is 10.0 Å². The molecule has 4 aromatic rings. The Labute approximate surface area is 252 Å². The highest BCUT2D eigenvalue weighted by atomic mass is 32.2. The van der Waals surface area contributed by atoms with Gasteiger partial charge in [0.05, 0.1) is 19.5 Å². The average molecular weight is 599 g/mol. The van der Waals surface area contributed by atoms with Crippen molar-refractivity contribution >= 4 is 33.2 Å². The maximum absolute atomic E-state index is 13.7. The summed E-state index contributed by atoms with van der Waals surface area (Å²) in [7, 11) is 0.713. The van der Waals surface area contributed by atoms with Crippen LogP contribution in [0.15, 0.2) is 95.9 Å². The third-order valence-corrected chi connectivity index (χ3v) is 8.70. The molecule has 0 aliphatic carbocycles. The molecule has 0 radical (unpaired) electrons. The minimum Gasteiger partial charge on any atom is -0.495 e. The first-order valence-electron chi connectivity index (χ1n) is 13.8. The second-order valence-electron chi connectivity index (χ2n) is 10.6. The van der Waals surface area contributed by atoms with Crippen LogP contribution in [0.1, 0.15) is 26.3 Å². The van der Waals surface area contributed by atoms with Crippen LogP contribution in [-0.2, 0) is 10.0 Å². The van der Waals surface area contributed by atoms with Crippen LogP contribution in [0.5, 0.6) is 5.75 Å². The summed E-state index contributed by atoms with van der Waals surface area (Å²) in [5, 5.41) is 0. The van der Waals surface area contributed by atoms with Crippen LogP contribution in [0, 0.1) is 6.92 Å². The van der Waals surface area contributed by atoms with E-state index in [-0.39, 0.29) is 22.5 Å². The van der Waals surface area contributed by atoms with Crippen LogP contribution in [0.3, 0.4) is 0 Å². The van der Waals surface area contributed by atoms with E-state index in [0.717, 1.165) is 11.3 Å². The molecule has 1 saturated heterocycles. The molecular formula is C33H34N4O5S. The van der Waals surface area contributed by atoms with Crippen LogP contribution in [0.4, 0.5) is 11.4 Å². The van der Waals surface area contributed by atoms with E-state index in [1.165, 1.54) is 12.0 Å². The number of nitrogens with one attached hydrogen (secondary N) is 1. The van der Waals surface area contributed by atoms with E-state index in [2.05, 4.69) is 4.72 Å². The fourth-order valence-corrected chi connectivity index (χ4v) is 6.30. The molecule has 0 atom stereocenters. The molecule has 43 heavy (non-hydrogen) atoms. The highest BCUT2D eigenvalue weighted by Gasteiger charge is 2.26. The van der Waals surface area contributed by atoms with E-state index in [1.54, 1.807) is 73.6 Å².